The van der Waals surface area contributed by atoms with Crippen LogP contribution in [-0.2, 0) is 15.3 Å². The third-order valence-corrected chi connectivity index (χ3v) is 3.04. The smallest absolute Gasteiger partial charge is 0.315 e. The largest absolute Gasteiger partial charge is 0.468 e. The number of thioether (sulfide) groups is 1. The van der Waals surface area contributed by atoms with Gasteiger partial charge in [-0.05, 0) is 13.0 Å². The Morgan fingerprint density at radius 3 is 2.88 bits per heavy atom. The molecule has 0 bridgehead atoms. The molecule has 1 rings (SSSR count). The molecule has 94 valence electrons. The highest BCUT2D eigenvalue weighted by Gasteiger charge is 2.13. The summed E-state index contributed by atoms with van der Waals surface area (Å²) in [7, 11) is 1.34. The third-order valence-electron chi connectivity index (χ3n) is 2.08. The highest BCUT2D eigenvalue weighted by atomic mass is 32.2. The van der Waals surface area contributed by atoms with Gasteiger partial charge in [-0.2, -0.15) is 0 Å². The molecule has 0 fully saturated rings. The zero-order valence-electron chi connectivity index (χ0n) is 9.61. The predicted molar refractivity (Wildman–Crippen MR) is 63.3 cm³/mol. The molecule has 0 saturated heterocycles. The summed E-state index contributed by atoms with van der Waals surface area (Å²) < 4.78 is 9.74. The fraction of sp³-hybridized carbons (Fsp3) is 0.400. The van der Waals surface area contributed by atoms with Gasteiger partial charge in [0.1, 0.15) is 5.76 Å². The predicted octanol–water partition coefficient (Wildman–Crippen LogP) is 0.598. The van der Waals surface area contributed by atoms with E-state index in [1.807, 2.05) is 5.43 Å². The zero-order valence-corrected chi connectivity index (χ0v) is 10.4. The second kappa shape index (κ2) is 6.31. The van der Waals surface area contributed by atoms with Crippen molar-refractivity contribution in [3.8, 4) is 0 Å². The molecule has 0 aliphatic carbocycles. The third kappa shape index (κ3) is 3.79. The zero-order chi connectivity index (χ0) is 12.8. The van der Waals surface area contributed by atoms with Crippen molar-refractivity contribution in [3.63, 3.8) is 0 Å². The Morgan fingerprint density at radius 2 is 2.29 bits per heavy atom. The van der Waals surface area contributed by atoms with Crippen LogP contribution in [0.15, 0.2) is 10.5 Å². The van der Waals surface area contributed by atoms with Crippen LogP contribution in [0, 0.1) is 6.92 Å². The summed E-state index contributed by atoms with van der Waals surface area (Å²) in [6, 6.07) is 1.61. The van der Waals surface area contributed by atoms with Gasteiger partial charge >= 0.3 is 11.9 Å². The number of furan rings is 1. The number of esters is 1. The van der Waals surface area contributed by atoms with Gasteiger partial charge in [-0.1, -0.05) is 0 Å². The summed E-state index contributed by atoms with van der Waals surface area (Å²) in [5.74, 6) is 5.88. The summed E-state index contributed by atoms with van der Waals surface area (Å²) in [5.41, 5.74) is 2.85. The minimum Gasteiger partial charge on any atom is -0.468 e. The van der Waals surface area contributed by atoms with E-state index < -0.39 is 5.91 Å². The normalized spacial score (nSPS) is 10.1. The quantitative estimate of drug-likeness (QED) is 0.347. The van der Waals surface area contributed by atoms with Crippen LogP contribution in [0.2, 0.25) is 0 Å². The number of nitrogen functional groups attached to an aromatic ring is 1. The van der Waals surface area contributed by atoms with Crippen LogP contribution in [0.4, 0.5) is 0 Å². The van der Waals surface area contributed by atoms with Crippen molar-refractivity contribution in [2.45, 2.75) is 12.7 Å². The molecule has 0 radical (unpaired) electrons. The fourth-order valence-corrected chi connectivity index (χ4v) is 2.04. The van der Waals surface area contributed by atoms with E-state index in [2.05, 4.69) is 4.74 Å². The van der Waals surface area contributed by atoms with Gasteiger partial charge in [-0.25, -0.2) is 5.84 Å². The molecule has 0 unspecified atom stereocenters. The van der Waals surface area contributed by atoms with Crippen LogP contribution in [0.5, 0.6) is 0 Å². The van der Waals surface area contributed by atoms with Crippen LogP contribution in [0.25, 0.3) is 0 Å². The Labute approximate surface area is 103 Å². The molecule has 0 atom stereocenters. The number of hydrazine groups is 1. The van der Waals surface area contributed by atoms with Crippen molar-refractivity contribution in [3.05, 3.63) is 23.2 Å². The molecule has 0 spiro atoms. The molecular formula is C10H14N2O4S. The summed E-state index contributed by atoms with van der Waals surface area (Å²) in [6.45, 7) is 1.75. The van der Waals surface area contributed by atoms with E-state index in [0.29, 0.717) is 11.5 Å². The van der Waals surface area contributed by atoms with Crippen molar-refractivity contribution in [1.82, 2.24) is 5.43 Å². The molecule has 0 aliphatic heterocycles. The van der Waals surface area contributed by atoms with Gasteiger partial charge in [0.2, 0.25) is 0 Å². The molecule has 3 N–H and O–H groups in total. The van der Waals surface area contributed by atoms with Crippen molar-refractivity contribution in [2.24, 2.45) is 5.84 Å². The first kappa shape index (κ1) is 13.6. The monoisotopic (exact) mass is 258 g/mol. The van der Waals surface area contributed by atoms with E-state index in [1.165, 1.54) is 18.9 Å². The van der Waals surface area contributed by atoms with E-state index in [0.717, 1.165) is 5.56 Å². The van der Waals surface area contributed by atoms with E-state index in [4.69, 9.17) is 10.3 Å². The van der Waals surface area contributed by atoms with E-state index in [-0.39, 0.29) is 17.5 Å². The molecule has 1 aromatic heterocycles. The van der Waals surface area contributed by atoms with Crippen molar-refractivity contribution in [1.29, 1.82) is 0 Å². The van der Waals surface area contributed by atoms with E-state index in [9.17, 15) is 9.59 Å². The van der Waals surface area contributed by atoms with Gasteiger partial charge < -0.3 is 9.15 Å². The molecule has 0 aliphatic rings. The lowest BCUT2D eigenvalue weighted by atomic mass is 10.3. The first-order valence-corrected chi connectivity index (χ1v) is 5.98. The Balaban J connectivity index is 2.57. The highest BCUT2D eigenvalue weighted by Crippen LogP contribution is 2.20. The number of carbonyl (C=O) groups is 2. The van der Waals surface area contributed by atoms with E-state index >= 15 is 0 Å². The lowest BCUT2D eigenvalue weighted by molar-refractivity contribution is -0.137. The minimum atomic E-state index is -0.475. The first-order valence-electron chi connectivity index (χ1n) is 4.83. The van der Waals surface area contributed by atoms with Gasteiger partial charge in [0.05, 0.1) is 12.9 Å². The molecule has 6 nitrogen and oxygen atoms in total. The first-order chi connectivity index (χ1) is 8.08. The van der Waals surface area contributed by atoms with Gasteiger partial charge in [0.25, 0.3) is 0 Å². The number of methoxy groups -OCH3 is 1. The topological polar surface area (TPSA) is 94.6 Å². The number of ether oxygens (including phenoxy) is 1. The number of hydrogen-bond acceptors (Lipinski definition) is 6. The van der Waals surface area contributed by atoms with Crippen LogP contribution < -0.4 is 11.3 Å². The molecule has 7 heteroatoms. The summed E-state index contributed by atoms with van der Waals surface area (Å²) >= 11 is 1.39. The minimum absolute atomic E-state index is 0.165. The highest BCUT2D eigenvalue weighted by molar-refractivity contribution is 7.99. The average molecular weight is 258 g/mol. The SMILES string of the molecule is COC(=O)CSCc1cc(C(=O)NN)oc1C. The second-order valence-corrected chi connectivity index (χ2v) is 4.22. The molecule has 1 aromatic rings. The maximum Gasteiger partial charge on any atom is 0.315 e. The lowest BCUT2D eigenvalue weighted by Crippen LogP contribution is -2.29. The fourth-order valence-electron chi connectivity index (χ4n) is 1.15. The summed E-state index contributed by atoms with van der Waals surface area (Å²) in [4.78, 5) is 22.1. The van der Waals surface area contributed by atoms with Crippen molar-refractivity contribution < 1.29 is 18.7 Å². The molecule has 1 amide bonds. The van der Waals surface area contributed by atoms with Gasteiger partial charge in [0, 0.05) is 11.3 Å². The maximum absolute atomic E-state index is 11.2. The van der Waals surface area contributed by atoms with Crippen LogP contribution in [-0.4, -0.2) is 24.7 Å². The van der Waals surface area contributed by atoms with Crippen LogP contribution in [0.1, 0.15) is 21.9 Å². The van der Waals surface area contributed by atoms with Crippen molar-refractivity contribution in [2.75, 3.05) is 12.9 Å². The Morgan fingerprint density at radius 1 is 1.59 bits per heavy atom. The van der Waals surface area contributed by atoms with Gasteiger partial charge in [0.15, 0.2) is 5.76 Å². The molecule has 0 saturated carbocycles. The second-order valence-electron chi connectivity index (χ2n) is 3.23. The number of carbonyl (C=O) groups excluding carboxylic acids is 2. The Kier molecular flexibility index (Phi) is 5.05. The molecule has 17 heavy (non-hydrogen) atoms. The van der Waals surface area contributed by atoms with Gasteiger partial charge in [-0.3, -0.25) is 15.0 Å². The number of aryl methyl sites for hydroxylation is 1. The summed E-state index contributed by atoms with van der Waals surface area (Å²) in [6.07, 6.45) is 0. The number of nitrogens with two attached hydrogens (primary N) is 1. The lowest BCUT2D eigenvalue weighted by Gasteiger charge is -1.98. The molecule has 0 aromatic carbocycles. The standard InChI is InChI=1S/C10H14N2O4S/c1-6-7(4-17-5-9(13)15-2)3-8(16-6)10(14)12-11/h3H,4-5,11H2,1-2H3,(H,12,14). The van der Waals surface area contributed by atoms with Crippen LogP contribution in [0.3, 0.4) is 0 Å². The van der Waals surface area contributed by atoms with Crippen molar-refractivity contribution >= 4 is 23.6 Å². The van der Waals surface area contributed by atoms with Crippen LogP contribution >= 0.6 is 11.8 Å². The van der Waals surface area contributed by atoms with Gasteiger partial charge in [-0.15, -0.1) is 11.8 Å². The number of nitrogens with one attached hydrogen (secondary N) is 1. The number of rotatable bonds is 5. The average Bonchev–Trinajstić information content (AvgIpc) is 2.69. The van der Waals surface area contributed by atoms with E-state index in [1.54, 1.807) is 13.0 Å². The Hall–Kier alpha value is -1.47. The Bertz CT molecular complexity index is 416. The molecular weight excluding hydrogens is 244 g/mol. The summed E-state index contributed by atoms with van der Waals surface area (Å²) in [5, 5.41) is 0. The number of amides is 1. The number of hydrogen-bond donors (Lipinski definition) is 2. The maximum atomic E-state index is 11.2. The molecule has 1 heterocycles.